The van der Waals surface area contributed by atoms with Gasteiger partial charge in [0.2, 0.25) is 0 Å². The predicted octanol–water partition coefficient (Wildman–Crippen LogP) is 1.76. The lowest BCUT2D eigenvalue weighted by molar-refractivity contribution is 0.153. The van der Waals surface area contributed by atoms with E-state index in [0.29, 0.717) is 11.5 Å². The Hall–Kier alpha value is -1.64. The van der Waals surface area contributed by atoms with Gasteiger partial charge in [-0.25, -0.2) is 4.39 Å². The fourth-order valence-electron chi connectivity index (χ4n) is 3.03. The van der Waals surface area contributed by atoms with Crippen molar-refractivity contribution in [2.45, 2.75) is 18.9 Å². The number of halogens is 1. The largest absolute Gasteiger partial charge is 0.505 e. The zero-order valence-corrected chi connectivity index (χ0v) is 11.3. The van der Waals surface area contributed by atoms with E-state index in [1.54, 1.807) is 6.07 Å². The van der Waals surface area contributed by atoms with Gasteiger partial charge in [-0.05, 0) is 30.9 Å². The van der Waals surface area contributed by atoms with Gasteiger partial charge >= 0.3 is 0 Å². The summed E-state index contributed by atoms with van der Waals surface area (Å²) in [5.41, 5.74) is 0.849. The highest BCUT2D eigenvalue weighted by molar-refractivity contribution is 5.44. The molecule has 2 N–H and O–H groups in total. The molecule has 1 heterocycles. The summed E-state index contributed by atoms with van der Waals surface area (Å²) in [5, 5.41) is 22.4. The maximum absolute atomic E-state index is 13.8. The van der Waals surface area contributed by atoms with Gasteiger partial charge in [-0.3, -0.25) is 4.90 Å². The molecule has 0 spiro atoms. The van der Waals surface area contributed by atoms with Crippen LogP contribution in [0.25, 0.3) is 0 Å². The van der Waals surface area contributed by atoms with Crippen LogP contribution < -0.4 is 5.32 Å². The molecule has 3 rings (SSSR count). The van der Waals surface area contributed by atoms with E-state index in [2.05, 4.69) is 10.2 Å². The normalized spacial score (nSPS) is 21.4. The van der Waals surface area contributed by atoms with Gasteiger partial charge in [0, 0.05) is 37.8 Å². The van der Waals surface area contributed by atoms with E-state index in [9.17, 15) is 9.50 Å². The molecule has 0 amide bonds. The molecule has 5 heteroatoms. The van der Waals surface area contributed by atoms with Gasteiger partial charge in [0.05, 0.1) is 11.6 Å². The number of nitrogens with one attached hydrogen (secondary N) is 1. The maximum Gasteiger partial charge on any atom is 0.166 e. The van der Waals surface area contributed by atoms with E-state index >= 15 is 0 Å². The molecule has 1 aliphatic carbocycles. The van der Waals surface area contributed by atoms with Crippen molar-refractivity contribution in [2.75, 3.05) is 26.2 Å². The van der Waals surface area contributed by atoms with Gasteiger partial charge in [-0.1, -0.05) is 0 Å². The number of aromatic hydroxyl groups is 1. The van der Waals surface area contributed by atoms with Crippen LogP contribution in [0.15, 0.2) is 12.1 Å². The Morgan fingerprint density at radius 2 is 2.05 bits per heavy atom. The number of benzene rings is 1. The van der Waals surface area contributed by atoms with Crippen LogP contribution in [0.3, 0.4) is 0 Å². The van der Waals surface area contributed by atoms with Gasteiger partial charge in [-0.15, -0.1) is 0 Å². The summed E-state index contributed by atoms with van der Waals surface area (Å²) in [6.07, 6.45) is 2.21. The monoisotopic (exact) mass is 275 g/mol. The van der Waals surface area contributed by atoms with Crippen molar-refractivity contribution in [1.82, 2.24) is 10.2 Å². The van der Waals surface area contributed by atoms with E-state index in [-0.39, 0.29) is 17.4 Å². The van der Waals surface area contributed by atoms with Crippen LogP contribution in [0, 0.1) is 23.1 Å². The van der Waals surface area contributed by atoms with Gasteiger partial charge in [0.15, 0.2) is 11.6 Å². The minimum Gasteiger partial charge on any atom is -0.505 e. The molecule has 20 heavy (non-hydrogen) atoms. The number of phenolic OH excluding ortho intramolecular Hbond substituents is 1. The summed E-state index contributed by atoms with van der Waals surface area (Å²) < 4.78 is 13.8. The smallest absolute Gasteiger partial charge is 0.166 e. The van der Waals surface area contributed by atoms with Crippen LogP contribution >= 0.6 is 0 Å². The molecule has 2 fully saturated rings. The summed E-state index contributed by atoms with van der Waals surface area (Å²) in [7, 11) is 0. The zero-order valence-electron chi connectivity index (χ0n) is 11.3. The summed E-state index contributed by atoms with van der Waals surface area (Å²) in [6.45, 7) is 3.59. The topological polar surface area (TPSA) is 59.3 Å². The highest BCUT2D eigenvalue weighted by atomic mass is 19.1. The second-order valence-electron chi connectivity index (χ2n) is 5.58. The van der Waals surface area contributed by atoms with Gasteiger partial charge < -0.3 is 10.4 Å². The third-order valence-corrected chi connectivity index (χ3v) is 4.15. The molecule has 0 aromatic heterocycles. The van der Waals surface area contributed by atoms with Crippen molar-refractivity contribution in [3.8, 4) is 11.8 Å². The van der Waals surface area contributed by atoms with Gasteiger partial charge in [-0.2, -0.15) is 5.26 Å². The number of hydrogen-bond donors (Lipinski definition) is 2. The lowest BCUT2D eigenvalue weighted by Gasteiger charge is -2.35. The molecular weight excluding hydrogens is 257 g/mol. The molecule has 106 valence electrons. The summed E-state index contributed by atoms with van der Waals surface area (Å²) in [5.74, 6) is -0.522. The SMILES string of the molecule is N#Cc1cc(F)c(O)c([C@@H](C2CC2)N2CCNCC2)c1. The van der Waals surface area contributed by atoms with Crippen LogP contribution in [-0.2, 0) is 0 Å². The van der Waals surface area contributed by atoms with Crippen molar-refractivity contribution >= 4 is 0 Å². The fourth-order valence-corrected chi connectivity index (χ4v) is 3.03. The molecule has 1 aromatic rings. The molecule has 0 unspecified atom stereocenters. The minimum atomic E-state index is -0.695. The first-order valence-corrected chi connectivity index (χ1v) is 7.08. The van der Waals surface area contributed by atoms with Crippen LogP contribution in [0.1, 0.15) is 30.0 Å². The molecule has 0 radical (unpaired) electrons. The summed E-state index contributed by atoms with van der Waals surface area (Å²) >= 11 is 0. The van der Waals surface area contributed by atoms with E-state index in [1.165, 1.54) is 0 Å². The van der Waals surface area contributed by atoms with Crippen LogP contribution in [0.4, 0.5) is 4.39 Å². The Balaban J connectivity index is 1.98. The van der Waals surface area contributed by atoms with E-state index in [0.717, 1.165) is 45.1 Å². The van der Waals surface area contributed by atoms with Crippen molar-refractivity contribution in [2.24, 2.45) is 5.92 Å². The van der Waals surface area contributed by atoms with Crippen LogP contribution in [-0.4, -0.2) is 36.2 Å². The van der Waals surface area contributed by atoms with Crippen LogP contribution in [0.2, 0.25) is 0 Å². The Labute approximate surface area is 117 Å². The van der Waals surface area contributed by atoms with Crippen molar-refractivity contribution in [3.05, 3.63) is 29.1 Å². The number of rotatable bonds is 3. The Morgan fingerprint density at radius 3 is 2.65 bits per heavy atom. The Kier molecular flexibility index (Phi) is 3.60. The Bertz CT molecular complexity index is 545. The molecule has 0 bridgehead atoms. The molecule has 2 aliphatic rings. The van der Waals surface area contributed by atoms with E-state index < -0.39 is 5.82 Å². The third-order valence-electron chi connectivity index (χ3n) is 4.15. The number of nitriles is 1. The first kappa shape index (κ1) is 13.3. The standard InChI is InChI=1S/C15H18FN3O/c16-13-8-10(9-17)7-12(15(13)20)14(11-1-2-11)19-5-3-18-4-6-19/h7-8,11,14,18,20H,1-6H2/t14-/m1/s1. The molecule has 1 aromatic carbocycles. The number of hydrogen-bond acceptors (Lipinski definition) is 4. The zero-order chi connectivity index (χ0) is 14.1. The highest BCUT2D eigenvalue weighted by Crippen LogP contribution is 2.47. The summed E-state index contributed by atoms with van der Waals surface area (Å²) in [6, 6.07) is 4.74. The Morgan fingerprint density at radius 1 is 1.35 bits per heavy atom. The van der Waals surface area contributed by atoms with Gasteiger partial charge in [0.1, 0.15) is 0 Å². The molecular formula is C15H18FN3O. The summed E-state index contributed by atoms with van der Waals surface area (Å²) in [4.78, 5) is 2.30. The quantitative estimate of drug-likeness (QED) is 0.882. The molecule has 1 aliphatic heterocycles. The average molecular weight is 275 g/mol. The third kappa shape index (κ3) is 2.49. The van der Waals surface area contributed by atoms with Gasteiger partial charge in [0.25, 0.3) is 0 Å². The predicted molar refractivity (Wildman–Crippen MR) is 72.7 cm³/mol. The van der Waals surface area contributed by atoms with Crippen molar-refractivity contribution in [1.29, 1.82) is 5.26 Å². The number of nitrogens with zero attached hydrogens (tertiary/aromatic N) is 2. The highest BCUT2D eigenvalue weighted by Gasteiger charge is 2.38. The first-order chi connectivity index (χ1) is 9.70. The van der Waals surface area contributed by atoms with Crippen molar-refractivity contribution in [3.63, 3.8) is 0 Å². The van der Waals surface area contributed by atoms with E-state index in [1.807, 2.05) is 6.07 Å². The maximum atomic E-state index is 13.8. The van der Waals surface area contributed by atoms with E-state index in [4.69, 9.17) is 5.26 Å². The number of piperazine rings is 1. The lowest BCUT2D eigenvalue weighted by atomic mass is 9.96. The minimum absolute atomic E-state index is 0.0277. The second-order valence-corrected chi connectivity index (χ2v) is 5.58. The van der Waals surface area contributed by atoms with Crippen molar-refractivity contribution < 1.29 is 9.50 Å². The molecule has 4 nitrogen and oxygen atoms in total. The molecule has 1 atom stereocenters. The molecule has 1 saturated carbocycles. The lowest BCUT2D eigenvalue weighted by Crippen LogP contribution is -2.45. The van der Waals surface area contributed by atoms with Crippen LogP contribution in [0.5, 0.6) is 5.75 Å². The first-order valence-electron chi connectivity index (χ1n) is 7.08. The second kappa shape index (κ2) is 5.39. The molecule has 1 saturated heterocycles. The fraction of sp³-hybridized carbons (Fsp3) is 0.533. The average Bonchev–Trinajstić information content (AvgIpc) is 3.29. The number of phenols is 1.